The predicted octanol–water partition coefficient (Wildman–Crippen LogP) is -6.17. The Hall–Kier alpha value is -0.730. The number of Topliss-reactive ketones (excluding diaryl/α,β-unsaturated/α-hetero) is 1. The average Bonchev–Trinajstić information content (AvgIpc) is 2.59. The van der Waals surface area contributed by atoms with Gasteiger partial charge in [0.1, 0.15) is 54.9 Å². The highest BCUT2D eigenvalue weighted by molar-refractivity contribution is 5.88. The van der Waals surface area contributed by atoms with Gasteiger partial charge >= 0.3 is 0 Å². The molecule has 1 aliphatic heterocycles. The van der Waals surface area contributed by atoms with Crippen LogP contribution in [0.4, 0.5) is 0 Å². The molecule has 0 spiro atoms. The molecule has 1 heterocycles. The Balaban J connectivity index is 3.02. The Labute approximate surface area is 132 Å². The number of hydrogen-bond donors (Lipinski definition) is 9. The minimum atomic E-state index is -2.98. The Kier molecular flexibility index (Phi) is 6.79. The molecular weight excluding hydrogens is 320 g/mol. The summed E-state index contributed by atoms with van der Waals surface area (Å²) in [6.45, 7) is -1.93. The summed E-state index contributed by atoms with van der Waals surface area (Å²) in [5.41, 5.74) is 0. The van der Waals surface area contributed by atoms with Crippen molar-refractivity contribution < 1.29 is 56.9 Å². The number of ether oxygens (including phenoxy) is 1. The van der Waals surface area contributed by atoms with Crippen LogP contribution in [0.5, 0.6) is 0 Å². The van der Waals surface area contributed by atoms with E-state index in [1.54, 1.807) is 0 Å². The van der Waals surface area contributed by atoms with Crippen molar-refractivity contribution in [2.24, 2.45) is 0 Å². The van der Waals surface area contributed by atoms with E-state index in [-0.39, 0.29) is 0 Å². The molecule has 0 bridgehead atoms. The van der Waals surface area contributed by atoms with E-state index < -0.39 is 73.9 Å². The second-order valence-corrected chi connectivity index (χ2v) is 5.16. The summed E-state index contributed by atoms with van der Waals surface area (Å²) in [5.74, 6) is -1.65. The van der Waals surface area contributed by atoms with E-state index in [1.807, 2.05) is 0 Å². The molecular formula is C12H22O11. The topological polar surface area (TPSA) is 208 Å². The Morgan fingerprint density at radius 1 is 1.04 bits per heavy atom. The summed E-state index contributed by atoms with van der Waals surface area (Å²) >= 11 is 0. The zero-order chi connectivity index (χ0) is 18.8. The van der Waals surface area contributed by atoms with Crippen molar-refractivity contribution in [2.75, 3.05) is 13.2 Å². The van der Waals surface area contributed by atoms with Crippen molar-refractivity contribution in [3.63, 3.8) is 0 Å². The van der Waals surface area contributed by atoms with Gasteiger partial charge in [-0.15, -0.1) is 0 Å². The fourth-order valence-corrected chi connectivity index (χ4v) is 2.05. The van der Waals surface area contributed by atoms with E-state index in [4.69, 9.17) is 16.3 Å². The third kappa shape index (κ3) is 4.22. The van der Waals surface area contributed by atoms with Gasteiger partial charge in [-0.05, 0) is 0 Å². The monoisotopic (exact) mass is 343 g/mol. The molecule has 0 aromatic carbocycles. The lowest BCUT2D eigenvalue weighted by atomic mass is 9.89. The van der Waals surface area contributed by atoms with Gasteiger partial charge in [0.25, 0.3) is 0 Å². The van der Waals surface area contributed by atoms with Crippen molar-refractivity contribution >= 4 is 5.78 Å². The lowest BCUT2D eigenvalue weighted by molar-refractivity contribution is -0.248. The van der Waals surface area contributed by atoms with Crippen LogP contribution in [0.3, 0.4) is 0 Å². The first kappa shape index (κ1) is 18.6. The second kappa shape index (κ2) is 8.39. The van der Waals surface area contributed by atoms with Crippen molar-refractivity contribution in [1.82, 2.24) is 0 Å². The number of carbonyl (C=O) groups is 1. The molecule has 136 valence electrons. The van der Waals surface area contributed by atoms with E-state index in [9.17, 15) is 40.5 Å². The van der Waals surface area contributed by atoms with Crippen LogP contribution in [-0.2, 0) is 9.53 Å². The molecule has 2 unspecified atom stereocenters. The molecule has 11 nitrogen and oxygen atoms in total. The number of hydrogen-bond acceptors (Lipinski definition) is 11. The van der Waals surface area contributed by atoms with Gasteiger partial charge in [0.05, 0.1) is 14.6 Å². The van der Waals surface area contributed by atoms with Gasteiger partial charge in [-0.3, -0.25) is 4.79 Å². The van der Waals surface area contributed by atoms with Gasteiger partial charge in [0.15, 0.2) is 5.78 Å². The van der Waals surface area contributed by atoms with Crippen LogP contribution < -0.4 is 0 Å². The fourth-order valence-electron chi connectivity index (χ4n) is 2.05. The number of aliphatic hydroxyl groups excluding tert-OH is 9. The summed E-state index contributed by atoms with van der Waals surface area (Å²) in [5, 5.41) is 85.0. The number of aliphatic hydroxyl groups is 9. The van der Waals surface area contributed by atoms with Crippen LogP contribution in [0.25, 0.3) is 0 Å². The van der Waals surface area contributed by atoms with Crippen LogP contribution in [0.15, 0.2) is 0 Å². The molecule has 1 aliphatic rings. The zero-order valence-corrected chi connectivity index (χ0v) is 11.9. The maximum absolute atomic E-state index is 12.0. The van der Waals surface area contributed by atoms with Crippen molar-refractivity contribution in [3.05, 3.63) is 0 Å². The SMILES string of the molecule is [2H]C1(C(O)C(=O)[C@H](O)[C@@H](O)[C@H](O)CO)O[C@H](CO)[C@@H](O)[C@H](O)[C@H]1O. The molecule has 0 aromatic heterocycles. The van der Waals surface area contributed by atoms with E-state index in [0.29, 0.717) is 0 Å². The van der Waals surface area contributed by atoms with Crippen LogP contribution in [0.1, 0.15) is 1.37 Å². The van der Waals surface area contributed by atoms with Gasteiger partial charge in [-0.1, -0.05) is 0 Å². The molecule has 9 atom stereocenters. The second-order valence-electron chi connectivity index (χ2n) is 5.16. The molecule has 23 heavy (non-hydrogen) atoms. The van der Waals surface area contributed by atoms with Gasteiger partial charge in [0.2, 0.25) is 0 Å². The third-order valence-electron chi connectivity index (χ3n) is 3.55. The quantitative estimate of drug-likeness (QED) is 0.212. The number of rotatable bonds is 7. The van der Waals surface area contributed by atoms with Gasteiger partial charge in [0, 0.05) is 0 Å². The Morgan fingerprint density at radius 2 is 1.61 bits per heavy atom. The normalized spacial score (nSPS) is 40.8. The molecule has 9 N–H and O–H groups in total. The molecule has 0 aromatic rings. The number of ketones is 1. The summed E-state index contributed by atoms with van der Waals surface area (Å²) in [4.78, 5) is 12.0. The third-order valence-corrected chi connectivity index (χ3v) is 3.55. The molecule has 1 fully saturated rings. The Morgan fingerprint density at radius 3 is 2.09 bits per heavy atom. The first-order valence-corrected chi connectivity index (χ1v) is 6.72. The lowest BCUT2D eigenvalue weighted by Gasteiger charge is -2.41. The van der Waals surface area contributed by atoms with E-state index in [1.165, 1.54) is 0 Å². The zero-order valence-electron chi connectivity index (χ0n) is 12.9. The lowest BCUT2D eigenvalue weighted by Crippen LogP contribution is -2.63. The van der Waals surface area contributed by atoms with Gasteiger partial charge < -0.3 is 50.7 Å². The predicted molar refractivity (Wildman–Crippen MR) is 69.9 cm³/mol. The van der Waals surface area contributed by atoms with Crippen molar-refractivity contribution in [2.45, 2.75) is 54.9 Å². The molecule has 1 rings (SSSR count). The average molecular weight is 343 g/mol. The molecule has 1 saturated heterocycles. The minimum Gasteiger partial charge on any atom is -0.394 e. The first-order chi connectivity index (χ1) is 11.0. The summed E-state index contributed by atoms with van der Waals surface area (Å²) in [6.07, 6.45) is -20.0. The highest BCUT2D eigenvalue weighted by Gasteiger charge is 2.49. The fraction of sp³-hybridized carbons (Fsp3) is 0.917. The van der Waals surface area contributed by atoms with Gasteiger partial charge in [-0.25, -0.2) is 0 Å². The maximum Gasteiger partial charge on any atom is 0.195 e. The molecule has 0 aliphatic carbocycles. The molecule has 0 radical (unpaired) electrons. The smallest absolute Gasteiger partial charge is 0.195 e. The van der Waals surface area contributed by atoms with E-state index in [0.717, 1.165) is 0 Å². The van der Waals surface area contributed by atoms with Crippen molar-refractivity contribution in [1.29, 1.82) is 0 Å². The van der Waals surface area contributed by atoms with Crippen LogP contribution in [0.2, 0.25) is 0 Å². The first-order valence-electron chi connectivity index (χ1n) is 7.22. The highest BCUT2D eigenvalue weighted by Crippen LogP contribution is 2.24. The van der Waals surface area contributed by atoms with E-state index in [2.05, 4.69) is 0 Å². The van der Waals surface area contributed by atoms with Crippen LogP contribution >= 0.6 is 0 Å². The van der Waals surface area contributed by atoms with Gasteiger partial charge in [-0.2, -0.15) is 0 Å². The Bertz CT molecular complexity index is 435. The number of carbonyl (C=O) groups excluding carboxylic acids is 1. The molecule has 11 heteroatoms. The molecule has 0 saturated carbocycles. The van der Waals surface area contributed by atoms with E-state index >= 15 is 0 Å². The molecule has 0 amide bonds. The summed E-state index contributed by atoms with van der Waals surface area (Å²) < 4.78 is 12.7. The maximum atomic E-state index is 12.0. The summed E-state index contributed by atoms with van der Waals surface area (Å²) in [7, 11) is 0. The summed E-state index contributed by atoms with van der Waals surface area (Å²) in [6, 6.07) is 0. The van der Waals surface area contributed by atoms with Crippen LogP contribution in [0, 0.1) is 0 Å². The standard InChI is InChI=1S/C12H22O11/c13-1-3(15)5(16)7(18)9(20)11(22)12-10(21)8(19)6(17)4(2-14)23-12/h3-8,10-19,21-22H,1-2H2/t3-,4-,5+,6-,7-,8+,10-,11?,12?/m1/s1/i12D. The van der Waals surface area contributed by atoms with Crippen molar-refractivity contribution in [3.8, 4) is 0 Å². The minimum absolute atomic E-state index is 0.916. The largest absolute Gasteiger partial charge is 0.394 e. The highest BCUT2D eigenvalue weighted by atomic mass is 16.6. The van der Waals surface area contributed by atoms with Crippen LogP contribution in [-0.4, -0.2) is 120 Å².